The molecule has 9 heteroatoms. The minimum Gasteiger partial charge on any atom is -0.355 e. The summed E-state index contributed by atoms with van der Waals surface area (Å²) < 4.78 is 39.8. The monoisotopic (exact) mass is 430 g/mol. The number of nitrogens with zero attached hydrogens (tertiary/aromatic N) is 4. The van der Waals surface area contributed by atoms with E-state index in [4.69, 9.17) is 0 Å². The molecule has 1 saturated heterocycles. The zero-order valence-corrected chi connectivity index (χ0v) is 16.9. The largest absolute Gasteiger partial charge is 0.417 e. The fraction of sp³-hybridized carbons (Fsp3) is 0.318. The Kier molecular flexibility index (Phi) is 5.43. The van der Waals surface area contributed by atoms with E-state index in [1.807, 2.05) is 23.1 Å². The van der Waals surface area contributed by atoms with Gasteiger partial charge in [0.2, 0.25) is 0 Å². The molecule has 4 rings (SSSR count). The molecule has 0 unspecified atom stereocenters. The van der Waals surface area contributed by atoms with Crippen molar-refractivity contribution in [1.29, 1.82) is 0 Å². The molecule has 1 aliphatic rings. The van der Waals surface area contributed by atoms with Gasteiger partial charge in [-0.05, 0) is 24.6 Å². The highest BCUT2D eigenvalue weighted by Gasteiger charge is 2.31. The van der Waals surface area contributed by atoms with Gasteiger partial charge in [-0.3, -0.25) is 9.59 Å². The number of halogens is 3. The molecule has 0 N–H and O–H groups in total. The van der Waals surface area contributed by atoms with E-state index in [2.05, 4.69) is 4.98 Å². The van der Waals surface area contributed by atoms with Crippen LogP contribution in [0, 0.1) is 0 Å². The molecular weight excluding hydrogens is 409 g/mol. The number of amides is 1. The van der Waals surface area contributed by atoms with Crippen molar-refractivity contribution in [2.24, 2.45) is 7.05 Å². The van der Waals surface area contributed by atoms with Gasteiger partial charge in [-0.1, -0.05) is 18.2 Å². The van der Waals surface area contributed by atoms with Crippen LogP contribution < -0.4 is 10.5 Å². The second-order valence-corrected chi connectivity index (χ2v) is 7.51. The highest BCUT2D eigenvalue weighted by atomic mass is 19.4. The second-order valence-electron chi connectivity index (χ2n) is 7.51. The van der Waals surface area contributed by atoms with Gasteiger partial charge >= 0.3 is 6.18 Å². The van der Waals surface area contributed by atoms with Crippen molar-refractivity contribution < 1.29 is 18.0 Å². The first-order valence-electron chi connectivity index (χ1n) is 9.92. The van der Waals surface area contributed by atoms with Gasteiger partial charge in [0, 0.05) is 50.9 Å². The van der Waals surface area contributed by atoms with Crippen molar-refractivity contribution >= 4 is 22.6 Å². The highest BCUT2D eigenvalue weighted by Crippen LogP contribution is 2.29. The molecule has 162 valence electrons. The third-order valence-corrected chi connectivity index (χ3v) is 5.57. The van der Waals surface area contributed by atoms with Crippen LogP contribution in [0.5, 0.6) is 0 Å². The van der Waals surface area contributed by atoms with E-state index in [1.54, 1.807) is 18.0 Å². The summed E-state index contributed by atoms with van der Waals surface area (Å²) in [5.41, 5.74) is -0.00331. The SMILES string of the molecule is Cn1c(=O)cc(C(=O)N2CCCN(c3ccc(C(F)(F)F)cn3)CC2)c2ccccc21. The molecule has 6 nitrogen and oxygen atoms in total. The Balaban J connectivity index is 1.54. The van der Waals surface area contributed by atoms with Gasteiger partial charge in [-0.25, -0.2) is 4.98 Å². The van der Waals surface area contributed by atoms with Crippen molar-refractivity contribution in [3.8, 4) is 0 Å². The molecule has 0 spiro atoms. The molecule has 3 heterocycles. The highest BCUT2D eigenvalue weighted by molar-refractivity contribution is 6.06. The number of hydrogen-bond acceptors (Lipinski definition) is 4. The molecule has 0 radical (unpaired) electrons. The van der Waals surface area contributed by atoms with E-state index in [1.165, 1.54) is 16.7 Å². The van der Waals surface area contributed by atoms with Crippen LogP contribution >= 0.6 is 0 Å². The maximum absolute atomic E-state index is 13.2. The number of aryl methyl sites for hydroxylation is 1. The number of anilines is 1. The number of fused-ring (bicyclic) bond motifs is 1. The van der Waals surface area contributed by atoms with Gasteiger partial charge in [0.15, 0.2) is 0 Å². The lowest BCUT2D eigenvalue weighted by molar-refractivity contribution is -0.137. The molecule has 1 aliphatic heterocycles. The third kappa shape index (κ3) is 4.12. The minimum absolute atomic E-state index is 0.226. The van der Waals surface area contributed by atoms with Gasteiger partial charge < -0.3 is 14.4 Å². The summed E-state index contributed by atoms with van der Waals surface area (Å²) in [6.45, 7) is 1.87. The molecule has 0 aliphatic carbocycles. The van der Waals surface area contributed by atoms with E-state index in [0.717, 1.165) is 12.3 Å². The van der Waals surface area contributed by atoms with Crippen LogP contribution in [0.25, 0.3) is 10.9 Å². The van der Waals surface area contributed by atoms with Crippen molar-refractivity contribution in [3.05, 3.63) is 70.1 Å². The van der Waals surface area contributed by atoms with Crippen molar-refractivity contribution in [1.82, 2.24) is 14.5 Å². The first-order valence-corrected chi connectivity index (χ1v) is 9.92. The number of benzene rings is 1. The first-order chi connectivity index (χ1) is 14.8. The number of para-hydroxylation sites is 1. The van der Waals surface area contributed by atoms with Crippen LogP contribution in [0.3, 0.4) is 0 Å². The fourth-order valence-corrected chi connectivity index (χ4v) is 3.85. The summed E-state index contributed by atoms with van der Waals surface area (Å²) in [7, 11) is 1.67. The van der Waals surface area contributed by atoms with Crippen molar-refractivity contribution in [3.63, 3.8) is 0 Å². The van der Waals surface area contributed by atoms with Crippen LogP contribution in [0.2, 0.25) is 0 Å². The molecule has 3 aromatic rings. The molecule has 0 bridgehead atoms. The predicted octanol–water partition coefficient (Wildman–Crippen LogP) is 3.30. The summed E-state index contributed by atoms with van der Waals surface area (Å²) in [5.74, 6) is 0.220. The summed E-state index contributed by atoms with van der Waals surface area (Å²) in [5, 5.41) is 0.708. The van der Waals surface area contributed by atoms with Gasteiger partial charge in [-0.15, -0.1) is 0 Å². The van der Waals surface area contributed by atoms with Gasteiger partial charge in [0.1, 0.15) is 5.82 Å². The summed E-state index contributed by atoms with van der Waals surface area (Å²) in [4.78, 5) is 33.1. The molecule has 1 aromatic carbocycles. The van der Waals surface area contributed by atoms with Gasteiger partial charge in [-0.2, -0.15) is 13.2 Å². The average molecular weight is 430 g/mol. The molecule has 0 atom stereocenters. The van der Waals surface area contributed by atoms with E-state index < -0.39 is 11.7 Å². The third-order valence-electron chi connectivity index (χ3n) is 5.57. The molecule has 0 saturated carbocycles. The Morgan fingerprint density at radius 3 is 2.52 bits per heavy atom. The standard InChI is InChI=1S/C22H21F3N4O2/c1-27-18-6-3-2-5-16(18)17(13-20(27)30)21(31)29-10-4-9-28(11-12-29)19-8-7-15(14-26-19)22(23,24)25/h2-3,5-8,13-14H,4,9-12H2,1H3. The maximum atomic E-state index is 13.2. The van der Waals surface area contributed by atoms with Crippen molar-refractivity contribution in [2.45, 2.75) is 12.6 Å². The summed E-state index contributed by atoms with van der Waals surface area (Å²) >= 11 is 0. The van der Waals surface area contributed by atoms with E-state index >= 15 is 0 Å². The zero-order chi connectivity index (χ0) is 22.2. The molecular formula is C22H21F3N4O2. The number of alkyl halides is 3. The van der Waals surface area contributed by atoms with Crippen LogP contribution in [-0.2, 0) is 13.2 Å². The second kappa shape index (κ2) is 8.05. The first kappa shape index (κ1) is 20.9. The van der Waals surface area contributed by atoms with Crippen LogP contribution in [-0.4, -0.2) is 46.5 Å². The summed E-state index contributed by atoms with van der Waals surface area (Å²) in [6.07, 6.45) is -2.96. The Hall–Kier alpha value is -3.36. The molecule has 1 amide bonds. The van der Waals surface area contributed by atoms with E-state index in [9.17, 15) is 22.8 Å². The lowest BCUT2D eigenvalue weighted by atomic mass is 10.1. The average Bonchev–Trinajstić information content (AvgIpc) is 3.02. The van der Waals surface area contributed by atoms with E-state index in [-0.39, 0.29) is 11.5 Å². The zero-order valence-electron chi connectivity index (χ0n) is 16.9. The van der Waals surface area contributed by atoms with Crippen LogP contribution in [0.1, 0.15) is 22.3 Å². The number of carbonyl (C=O) groups excluding carboxylic acids is 1. The normalized spacial score (nSPS) is 15.2. The number of hydrogen-bond donors (Lipinski definition) is 0. The molecule has 2 aromatic heterocycles. The van der Waals surface area contributed by atoms with Gasteiger partial charge in [0.05, 0.1) is 16.6 Å². The lowest BCUT2D eigenvalue weighted by Crippen LogP contribution is -2.36. The smallest absolute Gasteiger partial charge is 0.355 e. The number of carbonyl (C=O) groups is 1. The predicted molar refractivity (Wildman–Crippen MR) is 111 cm³/mol. The van der Waals surface area contributed by atoms with Gasteiger partial charge in [0.25, 0.3) is 11.5 Å². The number of pyridine rings is 2. The summed E-state index contributed by atoms with van der Waals surface area (Å²) in [6, 6.07) is 11.0. The number of rotatable bonds is 2. The van der Waals surface area contributed by atoms with Crippen LogP contribution in [0.4, 0.5) is 19.0 Å². The quantitative estimate of drug-likeness (QED) is 0.626. The molecule has 1 fully saturated rings. The number of aromatic nitrogens is 2. The van der Waals surface area contributed by atoms with Crippen molar-refractivity contribution in [2.75, 3.05) is 31.1 Å². The van der Waals surface area contributed by atoms with Crippen LogP contribution in [0.15, 0.2) is 53.5 Å². The lowest BCUT2D eigenvalue weighted by Gasteiger charge is -2.23. The maximum Gasteiger partial charge on any atom is 0.417 e. The van der Waals surface area contributed by atoms with E-state index in [0.29, 0.717) is 54.9 Å². The topological polar surface area (TPSA) is 58.4 Å². The minimum atomic E-state index is -4.43. The Bertz CT molecular complexity index is 1170. The Morgan fingerprint density at radius 2 is 1.81 bits per heavy atom. The fourth-order valence-electron chi connectivity index (χ4n) is 3.85. The Labute approximate surface area is 176 Å². The molecule has 31 heavy (non-hydrogen) atoms. The Morgan fingerprint density at radius 1 is 1.03 bits per heavy atom.